The Balaban J connectivity index is 1.92. The summed E-state index contributed by atoms with van der Waals surface area (Å²) in [7, 11) is 0. The summed E-state index contributed by atoms with van der Waals surface area (Å²) in [5, 5.41) is 14.4. The average molecular weight is 391 g/mol. The van der Waals surface area contributed by atoms with Gasteiger partial charge in [-0.1, -0.05) is 6.58 Å². The van der Waals surface area contributed by atoms with E-state index in [1.165, 1.54) is 0 Å². The maximum Gasteiger partial charge on any atom is 0.430 e. The smallest absolute Gasteiger partial charge is 0.383 e. The molecule has 0 aromatic carbocycles. The molecule has 0 radical (unpaired) electrons. The number of hydrogen-bond donors (Lipinski definition) is 3. The molecule has 11 heteroatoms. The Morgan fingerprint density at radius 2 is 1.81 bits per heavy atom. The monoisotopic (exact) mass is 391 g/mol. The van der Waals surface area contributed by atoms with Crippen LogP contribution in [0.1, 0.15) is 31.5 Å². The number of rotatable bonds is 6. The lowest BCUT2D eigenvalue weighted by Gasteiger charge is -2.23. The van der Waals surface area contributed by atoms with Crippen LogP contribution in [0, 0.1) is 5.92 Å². The fraction of sp³-hybridized carbons (Fsp3) is 0.562. The molecule has 27 heavy (non-hydrogen) atoms. The van der Waals surface area contributed by atoms with Crippen LogP contribution >= 0.6 is 0 Å². The van der Waals surface area contributed by atoms with Gasteiger partial charge in [0.1, 0.15) is 23.8 Å². The molecule has 6 nitrogen and oxygen atoms in total. The Morgan fingerprint density at radius 1 is 1.15 bits per heavy atom. The second-order valence-corrected chi connectivity index (χ2v) is 6.56. The molecular weight excluding hydrogens is 373 g/mol. The van der Waals surface area contributed by atoms with E-state index in [9.17, 15) is 27.1 Å². The van der Waals surface area contributed by atoms with E-state index in [1.54, 1.807) is 0 Å². The summed E-state index contributed by atoms with van der Waals surface area (Å²) in [5.74, 6) is -1.48. The number of halogens is 5. The van der Waals surface area contributed by atoms with Gasteiger partial charge in [-0.05, 0) is 31.6 Å². The van der Waals surface area contributed by atoms with Crippen LogP contribution in [0.5, 0.6) is 0 Å². The van der Waals surface area contributed by atoms with Crippen molar-refractivity contribution >= 4 is 17.5 Å². The molecule has 0 aliphatic heterocycles. The molecule has 1 saturated carbocycles. The molecule has 3 N–H and O–H groups in total. The maximum atomic E-state index is 14.3. The Bertz CT molecular complexity index is 762. The van der Waals surface area contributed by atoms with Crippen LogP contribution in [-0.4, -0.2) is 45.1 Å². The van der Waals surface area contributed by atoms with Crippen LogP contribution in [0.15, 0.2) is 18.1 Å². The lowest BCUT2D eigenvalue weighted by Crippen LogP contribution is -2.28. The predicted molar refractivity (Wildman–Crippen MR) is 88.0 cm³/mol. The highest BCUT2D eigenvalue weighted by Crippen LogP contribution is 2.34. The summed E-state index contributed by atoms with van der Waals surface area (Å²) in [5.41, 5.74) is -1.45. The lowest BCUT2D eigenvalue weighted by atomic mass is 9.94. The van der Waals surface area contributed by atoms with Crippen molar-refractivity contribution in [1.29, 1.82) is 0 Å². The zero-order valence-corrected chi connectivity index (χ0v) is 14.2. The fourth-order valence-electron chi connectivity index (χ4n) is 2.52. The number of allylic oxidation sites excluding steroid dienone is 2. The number of anilines is 2. The van der Waals surface area contributed by atoms with Crippen molar-refractivity contribution in [3.05, 3.63) is 23.9 Å². The minimum Gasteiger partial charge on any atom is -0.383 e. The quantitative estimate of drug-likeness (QED) is 0.645. The molecule has 3 rings (SSSR count). The molecule has 0 spiro atoms. The molecule has 0 bridgehead atoms. The third-order valence-corrected chi connectivity index (χ3v) is 4.32. The number of aliphatic hydroxyl groups excluding tert-OH is 1. The van der Waals surface area contributed by atoms with Crippen molar-refractivity contribution in [2.45, 2.75) is 44.1 Å². The highest BCUT2D eigenvalue weighted by Gasteiger charge is 2.34. The van der Waals surface area contributed by atoms with Gasteiger partial charge < -0.3 is 15.7 Å². The third kappa shape index (κ3) is 4.71. The summed E-state index contributed by atoms with van der Waals surface area (Å²) in [6, 6.07) is 0. The number of hydrogen-bond acceptors (Lipinski definition) is 6. The minimum atomic E-state index is -4.72. The second-order valence-electron chi connectivity index (χ2n) is 6.56. The Kier molecular flexibility index (Phi) is 5.31. The Morgan fingerprint density at radius 3 is 2.44 bits per heavy atom. The summed E-state index contributed by atoms with van der Waals surface area (Å²) in [4.78, 5) is 11.7. The summed E-state index contributed by atoms with van der Waals surface area (Å²) in [6.07, 6.45) is -6.65. The molecule has 1 aromatic rings. The van der Waals surface area contributed by atoms with Gasteiger partial charge in [0.2, 0.25) is 11.9 Å². The number of nitrogens with one attached hydrogen (secondary N) is 2. The highest BCUT2D eigenvalue weighted by atomic mass is 19.4. The van der Waals surface area contributed by atoms with Gasteiger partial charge in [-0.2, -0.15) is 28.1 Å². The molecule has 148 valence electrons. The van der Waals surface area contributed by atoms with E-state index in [4.69, 9.17) is 0 Å². The zero-order valence-electron chi connectivity index (χ0n) is 14.2. The van der Waals surface area contributed by atoms with Crippen LogP contribution < -0.4 is 10.6 Å². The first kappa shape index (κ1) is 19.5. The molecule has 1 heterocycles. The van der Waals surface area contributed by atoms with Crippen molar-refractivity contribution in [2.24, 2.45) is 5.92 Å². The number of alkyl halides is 4. The number of aromatic nitrogens is 3. The SMILES string of the molecule is C=C(Nc1nc(NCC2CC2)nc(C2=C(F)C(O)C(F)CC2)n1)C(F)(F)F. The maximum absolute atomic E-state index is 14.3. The van der Waals surface area contributed by atoms with Crippen LogP contribution in [0.3, 0.4) is 0 Å². The summed E-state index contributed by atoms with van der Waals surface area (Å²) >= 11 is 0. The van der Waals surface area contributed by atoms with E-state index in [1.807, 2.05) is 5.32 Å². The largest absolute Gasteiger partial charge is 0.430 e. The van der Waals surface area contributed by atoms with E-state index in [-0.39, 0.29) is 30.2 Å². The lowest BCUT2D eigenvalue weighted by molar-refractivity contribution is -0.0899. The van der Waals surface area contributed by atoms with Crippen LogP contribution in [-0.2, 0) is 0 Å². The highest BCUT2D eigenvalue weighted by molar-refractivity contribution is 5.65. The average Bonchev–Trinajstić information content (AvgIpc) is 3.41. The second kappa shape index (κ2) is 7.37. The van der Waals surface area contributed by atoms with Gasteiger partial charge in [-0.3, -0.25) is 0 Å². The van der Waals surface area contributed by atoms with Gasteiger partial charge >= 0.3 is 6.18 Å². The van der Waals surface area contributed by atoms with E-state index in [0.717, 1.165) is 12.8 Å². The standard InChI is InChI=1S/C16H18F5N5O/c1-7(16(19,20)21)23-15-25-13(9-4-5-10(17)12(27)11(9)18)24-14(26-15)22-6-8-2-3-8/h8,10,12,27H,1-6H2,(H2,22,23,24,25,26). The minimum absolute atomic E-state index is 0.0402. The zero-order chi connectivity index (χ0) is 19.8. The van der Waals surface area contributed by atoms with Crippen molar-refractivity contribution in [2.75, 3.05) is 17.2 Å². The molecule has 2 atom stereocenters. The van der Waals surface area contributed by atoms with Crippen LogP contribution in [0.4, 0.5) is 33.8 Å². The third-order valence-electron chi connectivity index (χ3n) is 4.32. The van der Waals surface area contributed by atoms with Gasteiger partial charge in [-0.25, -0.2) is 8.78 Å². The first-order valence-electron chi connectivity index (χ1n) is 8.39. The van der Waals surface area contributed by atoms with E-state index >= 15 is 0 Å². The van der Waals surface area contributed by atoms with Gasteiger partial charge in [0.05, 0.1) is 0 Å². The van der Waals surface area contributed by atoms with Crippen LogP contribution in [0.25, 0.3) is 5.57 Å². The molecule has 1 fully saturated rings. The fourth-order valence-corrected chi connectivity index (χ4v) is 2.52. The van der Waals surface area contributed by atoms with Crippen molar-refractivity contribution in [1.82, 2.24) is 15.0 Å². The van der Waals surface area contributed by atoms with E-state index < -0.39 is 35.9 Å². The predicted octanol–water partition coefficient (Wildman–Crippen LogP) is 3.35. The molecule has 0 amide bonds. The number of nitrogens with zero attached hydrogens (tertiary/aromatic N) is 3. The van der Waals surface area contributed by atoms with Gasteiger partial charge in [0.15, 0.2) is 5.82 Å². The van der Waals surface area contributed by atoms with Crippen LogP contribution in [0.2, 0.25) is 0 Å². The Labute approximate surface area is 151 Å². The topological polar surface area (TPSA) is 83.0 Å². The molecule has 2 aliphatic rings. The van der Waals surface area contributed by atoms with Crippen molar-refractivity contribution in [3.8, 4) is 0 Å². The van der Waals surface area contributed by atoms with Crippen molar-refractivity contribution < 1.29 is 27.1 Å². The summed E-state index contributed by atoms with van der Waals surface area (Å²) in [6.45, 7) is 3.40. The molecular formula is C16H18F5N5O. The van der Waals surface area contributed by atoms with Gasteiger partial charge in [-0.15, -0.1) is 0 Å². The van der Waals surface area contributed by atoms with E-state index in [2.05, 4.69) is 26.8 Å². The number of aliphatic hydroxyl groups is 1. The first-order chi connectivity index (χ1) is 12.6. The van der Waals surface area contributed by atoms with Gasteiger partial charge in [0.25, 0.3) is 0 Å². The molecule has 2 aliphatic carbocycles. The molecule has 2 unspecified atom stereocenters. The van der Waals surface area contributed by atoms with Crippen molar-refractivity contribution in [3.63, 3.8) is 0 Å². The Hall–Kier alpha value is -2.30. The molecule has 0 saturated heterocycles. The molecule has 1 aromatic heterocycles. The van der Waals surface area contributed by atoms with Gasteiger partial charge in [0, 0.05) is 12.1 Å². The summed E-state index contributed by atoms with van der Waals surface area (Å²) < 4.78 is 65.9. The van der Waals surface area contributed by atoms with E-state index in [0.29, 0.717) is 12.5 Å². The normalized spacial score (nSPS) is 23.3. The first-order valence-corrected chi connectivity index (χ1v) is 8.39.